The van der Waals surface area contributed by atoms with Crippen LogP contribution >= 0.6 is 0 Å². The Labute approximate surface area is 133 Å². The lowest BCUT2D eigenvalue weighted by atomic mass is 9.76. The molecule has 0 saturated carbocycles. The third kappa shape index (κ3) is 2.83. The molecule has 0 fully saturated rings. The molecule has 0 aliphatic rings. The third-order valence-electron chi connectivity index (χ3n) is 5.04. The molecule has 22 heavy (non-hydrogen) atoms. The van der Waals surface area contributed by atoms with Gasteiger partial charge in [-0.15, -0.1) is 0 Å². The predicted octanol–water partition coefficient (Wildman–Crippen LogP) is 5.46. The summed E-state index contributed by atoms with van der Waals surface area (Å²) in [6.07, 6.45) is 1.96. The van der Waals surface area contributed by atoms with Crippen molar-refractivity contribution in [1.29, 1.82) is 0 Å². The van der Waals surface area contributed by atoms with Gasteiger partial charge in [-0.1, -0.05) is 26.8 Å². The average molecular weight is 298 g/mol. The van der Waals surface area contributed by atoms with E-state index in [2.05, 4.69) is 26.8 Å². The lowest BCUT2D eigenvalue weighted by Gasteiger charge is -2.29. The lowest BCUT2D eigenvalue weighted by molar-refractivity contribution is 0.396. The van der Waals surface area contributed by atoms with E-state index in [1.165, 1.54) is 0 Å². The number of benzene rings is 2. The van der Waals surface area contributed by atoms with Crippen LogP contribution in [0.5, 0.6) is 11.5 Å². The molecule has 2 nitrogen and oxygen atoms in total. The Morgan fingerprint density at radius 3 is 2.00 bits per heavy atom. The number of aryl methyl sites for hydroxylation is 2. The van der Waals surface area contributed by atoms with Gasteiger partial charge in [0.1, 0.15) is 11.5 Å². The maximum Gasteiger partial charge on any atom is 0.122 e. The van der Waals surface area contributed by atoms with E-state index in [1.54, 1.807) is 6.07 Å². The maximum atomic E-state index is 10.5. The van der Waals surface area contributed by atoms with Crippen LogP contribution in [0.3, 0.4) is 0 Å². The van der Waals surface area contributed by atoms with Gasteiger partial charge in [0, 0.05) is 5.56 Å². The summed E-state index contributed by atoms with van der Waals surface area (Å²) in [7, 11) is 0. The molecule has 0 spiro atoms. The summed E-state index contributed by atoms with van der Waals surface area (Å²) < 4.78 is 0. The molecule has 0 aliphatic heterocycles. The van der Waals surface area contributed by atoms with Crippen LogP contribution in [0.15, 0.2) is 30.3 Å². The summed E-state index contributed by atoms with van der Waals surface area (Å²) >= 11 is 0. The van der Waals surface area contributed by atoms with Crippen molar-refractivity contribution in [3.05, 3.63) is 47.0 Å². The molecule has 0 unspecified atom stereocenters. The minimum atomic E-state index is -0.0309. The molecule has 0 heterocycles. The minimum Gasteiger partial charge on any atom is -0.508 e. The fourth-order valence-electron chi connectivity index (χ4n) is 2.87. The van der Waals surface area contributed by atoms with Crippen LogP contribution in [0.2, 0.25) is 0 Å². The van der Waals surface area contributed by atoms with Gasteiger partial charge in [0.15, 0.2) is 0 Å². The van der Waals surface area contributed by atoms with Crippen LogP contribution in [-0.2, 0) is 5.41 Å². The highest BCUT2D eigenvalue weighted by molar-refractivity contribution is 5.69. The van der Waals surface area contributed by atoms with Gasteiger partial charge in [-0.3, -0.25) is 0 Å². The number of hydrogen-bond donors (Lipinski definition) is 2. The van der Waals surface area contributed by atoms with Crippen LogP contribution < -0.4 is 0 Å². The van der Waals surface area contributed by atoms with E-state index in [4.69, 9.17) is 0 Å². The van der Waals surface area contributed by atoms with Gasteiger partial charge in [-0.2, -0.15) is 0 Å². The fraction of sp³-hybridized carbons (Fsp3) is 0.400. The topological polar surface area (TPSA) is 40.5 Å². The van der Waals surface area contributed by atoms with Gasteiger partial charge in [0.2, 0.25) is 0 Å². The van der Waals surface area contributed by atoms with Gasteiger partial charge in [-0.05, 0) is 78.6 Å². The molecule has 2 aromatic rings. The van der Waals surface area contributed by atoms with E-state index in [0.29, 0.717) is 11.5 Å². The van der Waals surface area contributed by atoms with Crippen molar-refractivity contribution >= 4 is 0 Å². The third-order valence-corrected chi connectivity index (χ3v) is 5.04. The van der Waals surface area contributed by atoms with Crippen LogP contribution in [0.25, 0.3) is 11.1 Å². The predicted molar refractivity (Wildman–Crippen MR) is 92.6 cm³/mol. The van der Waals surface area contributed by atoms with Gasteiger partial charge < -0.3 is 10.2 Å². The normalized spacial score (nSPS) is 11.7. The Kier molecular flexibility index (Phi) is 4.50. The van der Waals surface area contributed by atoms with Crippen molar-refractivity contribution in [3.8, 4) is 22.6 Å². The van der Waals surface area contributed by atoms with E-state index in [-0.39, 0.29) is 5.41 Å². The molecule has 0 saturated heterocycles. The van der Waals surface area contributed by atoms with E-state index in [1.807, 2.05) is 32.0 Å². The van der Waals surface area contributed by atoms with Crippen molar-refractivity contribution in [2.24, 2.45) is 0 Å². The first-order chi connectivity index (χ1) is 10.3. The van der Waals surface area contributed by atoms with Crippen LogP contribution in [0.1, 0.15) is 50.3 Å². The standard InChI is InChI=1S/C20H26O2/c1-6-20(5,7-2)17-12-16(11-14(4)19(17)22)15-8-9-18(21)13(3)10-15/h8-12,21-22H,6-7H2,1-5H3. The highest BCUT2D eigenvalue weighted by atomic mass is 16.3. The molecular formula is C20H26O2. The second-order valence-electron chi connectivity index (χ2n) is 6.46. The summed E-state index contributed by atoms with van der Waals surface area (Å²) in [5.41, 5.74) is 4.88. The first-order valence-electron chi connectivity index (χ1n) is 7.96. The van der Waals surface area contributed by atoms with Crippen molar-refractivity contribution < 1.29 is 10.2 Å². The summed E-state index contributed by atoms with van der Waals surface area (Å²) in [5, 5.41) is 20.2. The zero-order chi connectivity index (χ0) is 16.5. The zero-order valence-electron chi connectivity index (χ0n) is 14.2. The molecule has 0 radical (unpaired) electrons. The summed E-state index contributed by atoms with van der Waals surface area (Å²) in [4.78, 5) is 0. The second-order valence-corrected chi connectivity index (χ2v) is 6.46. The van der Waals surface area contributed by atoms with Crippen LogP contribution in [-0.4, -0.2) is 10.2 Å². The van der Waals surface area contributed by atoms with Crippen molar-refractivity contribution in [2.75, 3.05) is 0 Å². The minimum absolute atomic E-state index is 0.0309. The quantitative estimate of drug-likeness (QED) is 0.787. The smallest absolute Gasteiger partial charge is 0.122 e. The van der Waals surface area contributed by atoms with Gasteiger partial charge in [0.25, 0.3) is 0 Å². The van der Waals surface area contributed by atoms with E-state index < -0.39 is 0 Å². The number of rotatable bonds is 4. The first kappa shape index (κ1) is 16.4. The molecule has 0 aromatic heterocycles. The fourth-order valence-corrected chi connectivity index (χ4v) is 2.87. The van der Waals surface area contributed by atoms with Crippen molar-refractivity contribution in [1.82, 2.24) is 0 Å². The Balaban J connectivity index is 2.64. The monoisotopic (exact) mass is 298 g/mol. The molecule has 2 rings (SSSR count). The summed E-state index contributed by atoms with van der Waals surface area (Å²) in [6.45, 7) is 10.4. The SMILES string of the molecule is CCC(C)(CC)c1cc(-c2ccc(O)c(C)c2)cc(C)c1O. The maximum absolute atomic E-state index is 10.5. The van der Waals surface area contributed by atoms with Crippen molar-refractivity contribution in [2.45, 2.75) is 52.9 Å². The number of phenols is 2. The second kappa shape index (κ2) is 6.04. The van der Waals surface area contributed by atoms with Crippen molar-refractivity contribution in [3.63, 3.8) is 0 Å². The Morgan fingerprint density at radius 2 is 1.45 bits per heavy atom. The van der Waals surface area contributed by atoms with Crippen LogP contribution in [0.4, 0.5) is 0 Å². The van der Waals surface area contributed by atoms with Gasteiger partial charge in [0.05, 0.1) is 0 Å². The van der Waals surface area contributed by atoms with Gasteiger partial charge in [-0.25, -0.2) is 0 Å². The number of hydrogen-bond acceptors (Lipinski definition) is 2. The molecule has 0 atom stereocenters. The molecular weight excluding hydrogens is 272 g/mol. The average Bonchev–Trinajstić information content (AvgIpc) is 2.51. The molecule has 0 bridgehead atoms. The van der Waals surface area contributed by atoms with Crippen LogP contribution in [0, 0.1) is 13.8 Å². The molecule has 2 aromatic carbocycles. The molecule has 118 valence electrons. The Morgan fingerprint density at radius 1 is 0.864 bits per heavy atom. The lowest BCUT2D eigenvalue weighted by Crippen LogP contribution is -2.20. The van der Waals surface area contributed by atoms with E-state index in [9.17, 15) is 10.2 Å². The Bertz CT molecular complexity index is 682. The molecule has 2 heteroatoms. The van der Waals surface area contributed by atoms with E-state index in [0.717, 1.165) is 40.7 Å². The van der Waals surface area contributed by atoms with E-state index >= 15 is 0 Å². The summed E-state index contributed by atoms with van der Waals surface area (Å²) in [5.74, 6) is 0.719. The molecule has 0 amide bonds. The largest absolute Gasteiger partial charge is 0.508 e. The zero-order valence-corrected chi connectivity index (χ0v) is 14.2. The molecule has 2 N–H and O–H groups in total. The van der Waals surface area contributed by atoms with Gasteiger partial charge >= 0.3 is 0 Å². The highest BCUT2D eigenvalue weighted by Crippen LogP contribution is 2.41. The molecule has 0 aliphatic carbocycles. The number of aromatic hydroxyl groups is 2. The Hall–Kier alpha value is -1.96. The highest BCUT2D eigenvalue weighted by Gasteiger charge is 2.27. The summed E-state index contributed by atoms with van der Waals surface area (Å²) in [6, 6.07) is 9.75. The first-order valence-corrected chi connectivity index (χ1v) is 7.96. The number of phenolic OH excluding ortho intramolecular Hbond substituents is 2.